The molecule has 0 amide bonds. The van der Waals surface area contributed by atoms with Gasteiger partial charge in [-0.05, 0) is 30.3 Å². The highest BCUT2D eigenvalue weighted by Gasteiger charge is 2.18. The molecule has 3 aromatic carbocycles. The van der Waals surface area contributed by atoms with Gasteiger partial charge in [0, 0.05) is 69.7 Å². The lowest BCUT2D eigenvalue weighted by Gasteiger charge is -2.08. The number of benzene rings is 3. The quantitative estimate of drug-likeness (QED) is 0.230. The SMILES string of the molecule is c1ccc2c(c1)sc1ccc3c4ccc5c(c6ncccc6c6nccn56)c4sc3c12. The van der Waals surface area contributed by atoms with Gasteiger partial charge in [0.1, 0.15) is 5.65 Å². The highest BCUT2D eigenvalue weighted by atomic mass is 32.1. The highest BCUT2D eigenvalue weighted by Crippen LogP contribution is 2.46. The lowest BCUT2D eigenvalue weighted by Crippen LogP contribution is -1.91. The number of pyridine rings is 2. The van der Waals surface area contributed by atoms with Crippen molar-refractivity contribution in [2.45, 2.75) is 0 Å². The number of hydrogen-bond acceptors (Lipinski definition) is 4. The first-order valence-electron chi connectivity index (χ1n) is 10.2. The molecule has 5 heteroatoms. The average Bonchev–Trinajstić information content (AvgIpc) is 3.53. The summed E-state index contributed by atoms with van der Waals surface area (Å²) in [5.74, 6) is 0. The van der Waals surface area contributed by atoms with Crippen molar-refractivity contribution in [3.8, 4) is 0 Å². The molecule has 8 aromatic rings. The molecule has 3 nitrogen and oxygen atoms in total. The van der Waals surface area contributed by atoms with Gasteiger partial charge in [-0.15, -0.1) is 22.7 Å². The second kappa shape index (κ2) is 5.58. The van der Waals surface area contributed by atoms with Crippen LogP contribution in [0.4, 0.5) is 0 Å². The standard InChI is InChI=1S/C26H13N3S2/c1-2-6-19-16(4-1)21-20(30-19)10-8-15-14-7-9-18-22(25(14)31-24(15)21)23-17(5-3-11-27-23)26-28-12-13-29(18)26/h1-13H. The summed E-state index contributed by atoms with van der Waals surface area (Å²) in [5, 5.41) is 7.67. The summed E-state index contributed by atoms with van der Waals surface area (Å²) in [6, 6.07) is 21.9. The maximum Gasteiger partial charge on any atom is 0.146 e. The Labute approximate surface area is 183 Å². The molecule has 0 saturated heterocycles. The smallest absolute Gasteiger partial charge is 0.146 e. The van der Waals surface area contributed by atoms with Gasteiger partial charge >= 0.3 is 0 Å². The van der Waals surface area contributed by atoms with Crippen molar-refractivity contribution in [3.05, 3.63) is 79.3 Å². The third-order valence-electron chi connectivity index (χ3n) is 6.31. The minimum atomic E-state index is 0.960. The third-order valence-corrected chi connectivity index (χ3v) is 8.70. The van der Waals surface area contributed by atoms with E-state index in [9.17, 15) is 0 Å². The van der Waals surface area contributed by atoms with Gasteiger partial charge in [-0.3, -0.25) is 9.38 Å². The molecule has 144 valence electrons. The van der Waals surface area contributed by atoms with Crippen LogP contribution in [0.5, 0.6) is 0 Å². The molecule has 0 aliphatic carbocycles. The Hall–Kier alpha value is -3.54. The third kappa shape index (κ3) is 1.93. The molecule has 0 saturated carbocycles. The minimum absolute atomic E-state index is 0.960. The number of hydrogen-bond donors (Lipinski definition) is 0. The summed E-state index contributed by atoms with van der Waals surface area (Å²) in [7, 11) is 0. The molecule has 0 N–H and O–H groups in total. The molecule has 0 aliphatic heterocycles. The molecule has 0 atom stereocenters. The molecule has 0 aliphatic rings. The van der Waals surface area contributed by atoms with E-state index in [1.807, 2.05) is 47.3 Å². The summed E-state index contributed by atoms with van der Waals surface area (Å²) >= 11 is 3.78. The molecular weight excluding hydrogens is 418 g/mol. The Bertz CT molecular complexity index is 2010. The number of imidazole rings is 1. The summed E-state index contributed by atoms with van der Waals surface area (Å²) in [6.07, 6.45) is 5.81. The number of thiophene rings is 2. The van der Waals surface area contributed by atoms with Gasteiger partial charge in [-0.25, -0.2) is 4.98 Å². The van der Waals surface area contributed by atoms with Crippen molar-refractivity contribution < 1.29 is 0 Å². The Morgan fingerprint density at radius 3 is 2.42 bits per heavy atom. The van der Waals surface area contributed by atoms with Crippen LogP contribution in [0.2, 0.25) is 0 Å². The van der Waals surface area contributed by atoms with Crippen LogP contribution in [-0.4, -0.2) is 14.4 Å². The van der Waals surface area contributed by atoms with Gasteiger partial charge in [0.25, 0.3) is 0 Å². The predicted molar refractivity (Wildman–Crippen MR) is 134 cm³/mol. The van der Waals surface area contributed by atoms with Crippen LogP contribution < -0.4 is 0 Å². The molecule has 8 rings (SSSR count). The van der Waals surface area contributed by atoms with Crippen molar-refractivity contribution in [3.63, 3.8) is 0 Å². The largest absolute Gasteiger partial charge is 0.299 e. The zero-order valence-electron chi connectivity index (χ0n) is 16.2. The lowest BCUT2D eigenvalue weighted by molar-refractivity contribution is 1.27. The van der Waals surface area contributed by atoms with E-state index in [1.54, 1.807) is 0 Å². The van der Waals surface area contributed by atoms with Crippen molar-refractivity contribution in [1.29, 1.82) is 0 Å². The first-order valence-corrected chi connectivity index (χ1v) is 11.8. The molecule has 31 heavy (non-hydrogen) atoms. The van der Waals surface area contributed by atoms with E-state index < -0.39 is 0 Å². The van der Waals surface area contributed by atoms with E-state index in [0.717, 1.165) is 22.1 Å². The number of nitrogens with zero attached hydrogens (tertiary/aromatic N) is 3. The van der Waals surface area contributed by atoms with Crippen LogP contribution in [0.3, 0.4) is 0 Å². The Morgan fingerprint density at radius 2 is 1.45 bits per heavy atom. The normalized spacial score (nSPS) is 12.5. The summed E-state index contributed by atoms with van der Waals surface area (Å²) in [4.78, 5) is 9.43. The maximum absolute atomic E-state index is 4.82. The second-order valence-electron chi connectivity index (χ2n) is 7.87. The molecule has 0 spiro atoms. The van der Waals surface area contributed by atoms with Gasteiger partial charge in [0.2, 0.25) is 0 Å². The molecule has 0 radical (unpaired) electrons. The fourth-order valence-electron chi connectivity index (χ4n) is 5.01. The predicted octanol–water partition coefficient (Wildman–Crippen LogP) is 7.77. The first-order chi connectivity index (χ1) is 15.4. The van der Waals surface area contributed by atoms with Gasteiger partial charge in [0.05, 0.1) is 11.0 Å². The van der Waals surface area contributed by atoms with Crippen molar-refractivity contribution >= 4 is 90.5 Å². The van der Waals surface area contributed by atoms with Crippen LogP contribution in [0.1, 0.15) is 0 Å². The number of rotatable bonds is 0. The van der Waals surface area contributed by atoms with Crippen LogP contribution in [-0.2, 0) is 0 Å². The van der Waals surface area contributed by atoms with E-state index in [1.165, 1.54) is 45.7 Å². The Balaban J connectivity index is 1.69. The monoisotopic (exact) mass is 431 g/mol. The van der Waals surface area contributed by atoms with Crippen LogP contribution in [0.15, 0.2) is 79.3 Å². The van der Waals surface area contributed by atoms with E-state index >= 15 is 0 Å². The van der Waals surface area contributed by atoms with Crippen molar-refractivity contribution in [2.75, 3.05) is 0 Å². The minimum Gasteiger partial charge on any atom is -0.299 e. The number of fused-ring (bicyclic) bond motifs is 14. The fourth-order valence-corrected chi connectivity index (χ4v) is 7.59. The van der Waals surface area contributed by atoms with Crippen LogP contribution in [0, 0.1) is 0 Å². The molecule has 0 unspecified atom stereocenters. The first kappa shape index (κ1) is 16.2. The molecule has 0 bridgehead atoms. The Morgan fingerprint density at radius 1 is 0.613 bits per heavy atom. The zero-order valence-corrected chi connectivity index (χ0v) is 17.8. The van der Waals surface area contributed by atoms with Crippen molar-refractivity contribution in [2.24, 2.45) is 0 Å². The van der Waals surface area contributed by atoms with Gasteiger partial charge in [-0.2, -0.15) is 0 Å². The summed E-state index contributed by atoms with van der Waals surface area (Å²) < 4.78 is 7.56. The van der Waals surface area contributed by atoms with E-state index in [0.29, 0.717) is 0 Å². The molecule has 5 heterocycles. The lowest BCUT2D eigenvalue weighted by atomic mass is 10.0. The van der Waals surface area contributed by atoms with Gasteiger partial charge in [0.15, 0.2) is 0 Å². The Kier molecular flexibility index (Phi) is 2.91. The second-order valence-corrected chi connectivity index (χ2v) is 9.98. The molecule has 5 aromatic heterocycles. The summed E-state index contributed by atoms with van der Waals surface area (Å²) in [5.41, 5.74) is 3.14. The van der Waals surface area contributed by atoms with Crippen LogP contribution in [0.25, 0.3) is 67.8 Å². The van der Waals surface area contributed by atoms with E-state index in [4.69, 9.17) is 4.98 Å². The molecule has 0 fully saturated rings. The zero-order chi connectivity index (χ0) is 20.1. The van der Waals surface area contributed by atoms with Gasteiger partial charge < -0.3 is 0 Å². The van der Waals surface area contributed by atoms with Crippen LogP contribution >= 0.6 is 22.7 Å². The van der Waals surface area contributed by atoms with E-state index in [-0.39, 0.29) is 0 Å². The average molecular weight is 432 g/mol. The van der Waals surface area contributed by atoms with E-state index in [2.05, 4.69) is 64.0 Å². The van der Waals surface area contributed by atoms with Crippen molar-refractivity contribution in [1.82, 2.24) is 14.4 Å². The fraction of sp³-hybridized carbons (Fsp3) is 0. The highest BCUT2D eigenvalue weighted by molar-refractivity contribution is 7.30. The molecular formula is C26H13N3S2. The van der Waals surface area contributed by atoms with Gasteiger partial charge in [-0.1, -0.05) is 30.3 Å². The number of aromatic nitrogens is 3. The summed E-state index contributed by atoms with van der Waals surface area (Å²) in [6.45, 7) is 0. The maximum atomic E-state index is 4.82. The topological polar surface area (TPSA) is 30.2 Å².